The van der Waals surface area contributed by atoms with Gasteiger partial charge in [-0.15, -0.1) is 0 Å². The van der Waals surface area contributed by atoms with E-state index in [1.165, 1.54) is 9.80 Å². The van der Waals surface area contributed by atoms with Crippen molar-refractivity contribution in [1.82, 2.24) is 14.4 Å². The quantitative estimate of drug-likeness (QED) is 0.386. The van der Waals surface area contributed by atoms with Crippen molar-refractivity contribution in [2.75, 3.05) is 14.1 Å². The van der Waals surface area contributed by atoms with Crippen LogP contribution in [0.25, 0.3) is 11.8 Å². The van der Waals surface area contributed by atoms with Gasteiger partial charge >= 0.3 is 0 Å². The Labute approximate surface area is 178 Å². The molecule has 1 aliphatic rings. The molecule has 2 aromatic rings. The zero-order valence-electron chi connectivity index (χ0n) is 16.8. The Hall–Kier alpha value is -2.25. The summed E-state index contributed by atoms with van der Waals surface area (Å²) in [5, 5.41) is 0.207. The number of benzene rings is 1. The number of hydrogen-bond donors (Lipinski definition) is 0. The highest BCUT2D eigenvalue weighted by Crippen LogP contribution is 2.29. The molecule has 7 heteroatoms. The summed E-state index contributed by atoms with van der Waals surface area (Å²) in [6, 6.07) is 6.22. The van der Waals surface area contributed by atoms with Crippen molar-refractivity contribution >= 4 is 51.2 Å². The molecular formula is C21H22BrN3O2S. The third-order valence-electron chi connectivity index (χ3n) is 5.09. The number of hydrogen-bond acceptors (Lipinski definition) is 3. The molecular weight excluding hydrogens is 438 g/mol. The molecule has 3 rings (SSSR count). The van der Waals surface area contributed by atoms with E-state index in [2.05, 4.69) is 46.5 Å². The molecule has 0 radical (unpaired) electrons. The molecule has 0 aliphatic carbocycles. The maximum Gasteiger partial charge on any atom is 0.265 e. The summed E-state index contributed by atoms with van der Waals surface area (Å²) in [6.07, 6.45) is 1.66. The van der Waals surface area contributed by atoms with Crippen molar-refractivity contribution in [1.29, 1.82) is 0 Å². The monoisotopic (exact) mass is 459 g/mol. The summed E-state index contributed by atoms with van der Waals surface area (Å²) in [5.41, 5.74) is 6.29. The maximum absolute atomic E-state index is 12.6. The van der Waals surface area contributed by atoms with E-state index in [4.69, 9.17) is 12.2 Å². The molecule has 2 heterocycles. The highest BCUT2D eigenvalue weighted by Gasteiger charge is 2.35. The number of carbonyl (C=O) groups excluding carboxylic acids is 2. The Morgan fingerprint density at radius 2 is 1.43 bits per heavy atom. The van der Waals surface area contributed by atoms with Gasteiger partial charge in [-0.25, -0.2) is 0 Å². The van der Waals surface area contributed by atoms with Gasteiger partial charge in [-0.1, -0.05) is 15.9 Å². The van der Waals surface area contributed by atoms with Gasteiger partial charge < -0.3 is 4.57 Å². The van der Waals surface area contributed by atoms with Crippen LogP contribution in [0.4, 0.5) is 0 Å². The summed E-state index contributed by atoms with van der Waals surface area (Å²) < 4.78 is 3.23. The fourth-order valence-corrected chi connectivity index (χ4v) is 3.91. The lowest BCUT2D eigenvalue weighted by Gasteiger charge is -2.31. The lowest BCUT2D eigenvalue weighted by Crippen LogP contribution is -2.52. The molecule has 1 fully saturated rings. The van der Waals surface area contributed by atoms with E-state index in [1.807, 2.05) is 19.9 Å². The van der Waals surface area contributed by atoms with Crippen LogP contribution in [0.2, 0.25) is 0 Å². The Morgan fingerprint density at radius 1 is 0.929 bits per heavy atom. The van der Waals surface area contributed by atoms with Gasteiger partial charge in [0.05, 0.1) is 0 Å². The third-order valence-corrected chi connectivity index (χ3v) is 6.89. The van der Waals surface area contributed by atoms with Gasteiger partial charge in [0, 0.05) is 35.6 Å². The molecule has 28 heavy (non-hydrogen) atoms. The van der Waals surface area contributed by atoms with Gasteiger partial charge in [0.1, 0.15) is 5.57 Å². The van der Waals surface area contributed by atoms with Gasteiger partial charge in [-0.05, 0) is 80.9 Å². The van der Waals surface area contributed by atoms with Crippen molar-refractivity contribution in [3.63, 3.8) is 0 Å². The molecule has 0 unspecified atom stereocenters. The lowest BCUT2D eigenvalue weighted by atomic mass is 10.1. The second kappa shape index (κ2) is 7.29. The second-order valence-corrected chi connectivity index (χ2v) is 8.28. The minimum Gasteiger partial charge on any atom is -0.318 e. The minimum absolute atomic E-state index is 0.113. The lowest BCUT2D eigenvalue weighted by molar-refractivity contribution is -0.132. The maximum atomic E-state index is 12.6. The number of nitrogens with zero attached hydrogens (tertiary/aromatic N) is 3. The highest BCUT2D eigenvalue weighted by molar-refractivity contribution is 9.10. The first-order valence-corrected chi connectivity index (χ1v) is 10.0. The van der Waals surface area contributed by atoms with Crippen molar-refractivity contribution in [3.05, 3.63) is 56.3 Å². The molecule has 1 aliphatic heterocycles. The predicted molar refractivity (Wildman–Crippen MR) is 119 cm³/mol. The smallest absolute Gasteiger partial charge is 0.265 e. The zero-order chi connectivity index (χ0) is 20.9. The van der Waals surface area contributed by atoms with Crippen LogP contribution in [-0.4, -0.2) is 45.4 Å². The molecule has 0 N–H and O–H groups in total. The number of amides is 2. The third kappa shape index (κ3) is 3.22. The summed E-state index contributed by atoms with van der Waals surface area (Å²) in [7, 11) is 3.16. The molecule has 1 saturated heterocycles. The molecule has 0 saturated carbocycles. The molecule has 5 nitrogen and oxygen atoms in total. The number of aryl methyl sites for hydroxylation is 3. The van der Waals surface area contributed by atoms with Crippen LogP contribution >= 0.6 is 28.1 Å². The van der Waals surface area contributed by atoms with E-state index >= 15 is 0 Å². The number of aromatic nitrogens is 1. The normalized spacial score (nSPS) is 15.0. The van der Waals surface area contributed by atoms with Crippen LogP contribution in [0.3, 0.4) is 0 Å². The number of halogens is 1. The van der Waals surface area contributed by atoms with E-state index in [0.717, 1.165) is 38.2 Å². The number of thiocarbonyl (C=S) groups is 1. The van der Waals surface area contributed by atoms with Crippen LogP contribution in [0.1, 0.15) is 28.1 Å². The summed E-state index contributed by atoms with van der Waals surface area (Å²) in [5.74, 6) is -0.763. The first kappa shape index (κ1) is 20.5. The van der Waals surface area contributed by atoms with Crippen molar-refractivity contribution in [2.45, 2.75) is 27.7 Å². The number of carbonyl (C=O) groups is 2. The van der Waals surface area contributed by atoms with E-state index in [-0.39, 0.29) is 22.5 Å². The van der Waals surface area contributed by atoms with Gasteiger partial charge in [0.25, 0.3) is 11.8 Å². The van der Waals surface area contributed by atoms with Crippen LogP contribution in [0.15, 0.2) is 28.2 Å². The van der Waals surface area contributed by atoms with E-state index < -0.39 is 0 Å². The topological polar surface area (TPSA) is 45.6 Å². The Kier molecular flexibility index (Phi) is 5.34. The summed E-state index contributed by atoms with van der Waals surface area (Å²) in [6.45, 7) is 8.12. The summed E-state index contributed by atoms with van der Waals surface area (Å²) >= 11 is 8.76. The Bertz CT molecular complexity index is 1020. The molecule has 2 amide bonds. The Balaban J connectivity index is 2.13. The zero-order valence-corrected chi connectivity index (χ0v) is 19.2. The number of likely N-dealkylation sites (N-methyl/N-ethyl adjacent to an activating group) is 2. The Morgan fingerprint density at radius 3 is 1.93 bits per heavy atom. The van der Waals surface area contributed by atoms with Crippen LogP contribution < -0.4 is 0 Å². The summed E-state index contributed by atoms with van der Waals surface area (Å²) in [4.78, 5) is 27.9. The standard InChI is InChI=1S/C21H22BrN3O2S/c1-11-7-16(8-12(2)18(11)22)25-13(3)9-15(14(25)4)10-17-19(26)23(5)21(28)24(6)20(17)27/h7-10H,1-6H3. The van der Waals surface area contributed by atoms with Crippen molar-refractivity contribution in [3.8, 4) is 5.69 Å². The molecule has 146 valence electrons. The van der Waals surface area contributed by atoms with E-state index in [9.17, 15) is 9.59 Å². The first-order chi connectivity index (χ1) is 13.0. The fraction of sp³-hybridized carbons (Fsp3) is 0.286. The van der Waals surface area contributed by atoms with Gasteiger partial charge in [-0.3, -0.25) is 19.4 Å². The average Bonchev–Trinajstić information content (AvgIpc) is 2.93. The highest BCUT2D eigenvalue weighted by atomic mass is 79.9. The predicted octanol–water partition coefficient (Wildman–Crippen LogP) is 4.07. The fourth-order valence-electron chi connectivity index (χ4n) is 3.51. The van der Waals surface area contributed by atoms with Crippen molar-refractivity contribution < 1.29 is 9.59 Å². The molecule has 1 aromatic heterocycles. The van der Waals surface area contributed by atoms with E-state index in [0.29, 0.717) is 0 Å². The molecule has 1 aromatic carbocycles. The van der Waals surface area contributed by atoms with Crippen LogP contribution in [0, 0.1) is 27.7 Å². The van der Waals surface area contributed by atoms with Crippen LogP contribution in [0.5, 0.6) is 0 Å². The largest absolute Gasteiger partial charge is 0.318 e. The van der Waals surface area contributed by atoms with Crippen LogP contribution in [-0.2, 0) is 9.59 Å². The molecule has 0 spiro atoms. The SMILES string of the molecule is Cc1cc(-n2c(C)cc(C=C3C(=O)N(C)C(=S)N(C)C3=O)c2C)cc(C)c1Br. The molecule has 0 atom stereocenters. The minimum atomic E-state index is -0.381. The average molecular weight is 460 g/mol. The van der Waals surface area contributed by atoms with Gasteiger partial charge in [0.2, 0.25) is 0 Å². The first-order valence-electron chi connectivity index (χ1n) is 8.82. The van der Waals surface area contributed by atoms with Crippen molar-refractivity contribution in [2.24, 2.45) is 0 Å². The van der Waals surface area contributed by atoms with Gasteiger partial charge in [0.15, 0.2) is 5.11 Å². The number of rotatable bonds is 2. The molecule has 0 bridgehead atoms. The second-order valence-electron chi connectivity index (χ2n) is 7.12. The van der Waals surface area contributed by atoms with Gasteiger partial charge in [-0.2, -0.15) is 0 Å². The van der Waals surface area contributed by atoms with E-state index in [1.54, 1.807) is 20.2 Å².